The quantitative estimate of drug-likeness (QED) is 0.881. The minimum atomic E-state index is 0.162. The molecule has 1 aromatic heterocycles. The van der Waals surface area contributed by atoms with Gasteiger partial charge in [-0.25, -0.2) is 0 Å². The number of aromatic nitrogens is 1. The monoisotopic (exact) mass is 261 g/mol. The molecule has 2 aliphatic heterocycles. The molecule has 4 heteroatoms. The van der Waals surface area contributed by atoms with Crippen LogP contribution in [0.15, 0.2) is 12.3 Å². The van der Waals surface area contributed by atoms with Crippen molar-refractivity contribution in [1.82, 2.24) is 10.3 Å². The van der Waals surface area contributed by atoms with Gasteiger partial charge in [-0.2, -0.15) is 0 Å². The molecule has 0 aromatic carbocycles. The lowest BCUT2D eigenvalue weighted by Crippen LogP contribution is -2.44. The van der Waals surface area contributed by atoms with Gasteiger partial charge in [0.05, 0.1) is 19.0 Å². The number of rotatable bonds is 2. The molecule has 0 aliphatic carbocycles. The minimum absolute atomic E-state index is 0.162. The second-order valence-corrected chi connectivity index (χ2v) is 6.29. The van der Waals surface area contributed by atoms with Crippen LogP contribution in [-0.4, -0.2) is 37.3 Å². The summed E-state index contributed by atoms with van der Waals surface area (Å²) in [7, 11) is 1.72. The van der Waals surface area contributed by atoms with E-state index in [0.717, 1.165) is 37.0 Å². The van der Waals surface area contributed by atoms with Crippen LogP contribution in [0, 0.1) is 18.8 Å². The summed E-state index contributed by atoms with van der Waals surface area (Å²) in [6.07, 6.45) is 1.84. The number of pyridine rings is 1. The van der Waals surface area contributed by atoms with E-state index < -0.39 is 0 Å². The summed E-state index contributed by atoms with van der Waals surface area (Å²) < 4.78 is 5.51. The van der Waals surface area contributed by atoms with Gasteiger partial charge in [0.25, 0.3) is 0 Å². The topological polar surface area (TPSA) is 37.4 Å². The molecule has 2 saturated heterocycles. The van der Waals surface area contributed by atoms with E-state index in [1.165, 1.54) is 5.69 Å². The number of hydrogen-bond acceptors (Lipinski definition) is 4. The van der Waals surface area contributed by atoms with Gasteiger partial charge in [-0.3, -0.25) is 4.98 Å². The first kappa shape index (κ1) is 12.7. The Morgan fingerprint density at radius 2 is 2.21 bits per heavy atom. The smallest absolute Gasteiger partial charge is 0.160 e. The normalized spacial score (nSPS) is 28.5. The van der Waals surface area contributed by atoms with Crippen molar-refractivity contribution in [3.05, 3.63) is 18.0 Å². The Bertz CT molecular complexity index is 486. The van der Waals surface area contributed by atoms with Crippen LogP contribution in [0.1, 0.15) is 19.5 Å². The minimum Gasteiger partial charge on any atom is -0.493 e. The first-order valence-corrected chi connectivity index (χ1v) is 7.03. The van der Waals surface area contributed by atoms with E-state index in [1.807, 2.05) is 13.1 Å². The molecule has 0 saturated carbocycles. The van der Waals surface area contributed by atoms with Gasteiger partial charge in [0.2, 0.25) is 0 Å². The molecule has 19 heavy (non-hydrogen) atoms. The lowest BCUT2D eigenvalue weighted by molar-refractivity contribution is 0.353. The van der Waals surface area contributed by atoms with E-state index in [9.17, 15) is 0 Å². The highest BCUT2D eigenvalue weighted by atomic mass is 16.5. The molecule has 0 radical (unpaired) electrons. The van der Waals surface area contributed by atoms with Crippen LogP contribution < -0.4 is 15.0 Å². The maximum Gasteiger partial charge on any atom is 0.160 e. The summed E-state index contributed by atoms with van der Waals surface area (Å²) in [5.41, 5.74) is 2.39. The zero-order chi connectivity index (χ0) is 13.6. The van der Waals surface area contributed by atoms with Crippen molar-refractivity contribution in [2.24, 2.45) is 11.8 Å². The fraction of sp³-hybridized carbons (Fsp3) is 0.667. The van der Waals surface area contributed by atoms with E-state index in [4.69, 9.17) is 4.74 Å². The molecule has 1 aromatic rings. The molecule has 3 heterocycles. The molecule has 2 aliphatic rings. The molecular weight excluding hydrogens is 238 g/mol. The van der Waals surface area contributed by atoms with Gasteiger partial charge in [-0.1, -0.05) is 0 Å². The Balaban J connectivity index is 2.01. The van der Waals surface area contributed by atoms with Crippen molar-refractivity contribution in [1.29, 1.82) is 0 Å². The first-order valence-electron chi connectivity index (χ1n) is 7.03. The summed E-state index contributed by atoms with van der Waals surface area (Å²) >= 11 is 0. The lowest BCUT2D eigenvalue weighted by Gasteiger charge is -2.38. The summed E-state index contributed by atoms with van der Waals surface area (Å²) in [6, 6.07) is 2.15. The van der Waals surface area contributed by atoms with Gasteiger partial charge in [0.15, 0.2) is 5.75 Å². The van der Waals surface area contributed by atoms with Gasteiger partial charge < -0.3 is 15.0 Å². The molecule has 2 fully saturated rings. The SMILES string of the molecule is COc1cnc(C)cc1N1CC2CNCC2C1(C)C. The Hall–Kier alpha value is -1.29. The van der Waals surface area contributed by atoms with Crippen LogP contribution in [0.25, 0.3) is 0 Å². The van der Waals surface area contributed by atoms with Crippen LogP contribution >= 0.6 is 0 Å². The molecule has 1 N–H and O–H groups in total. The number of aryl methyl sites for hydroxylation is 1. The second-order valence-electron chi connectivity index (χ2n) is 6.29. The largest absolute Gasteiger partial charge is 0.493 e. The summed E-state index contributed by atoms with van der Waals surface area (Å²) in [5.74, 6) is 2.34. The summed E-state index contributed by atoms with van der Waals surface area (Å²) in [6.45, 7) is 10.1. The van der Waals surface area contributed by atoms with E-state index in [-0.39, 0.29) is 5.54 Å². The van der Waals surface area contributed by atoms with Crippen molar-refractivity contribution in [2.75, 3.05) is 31.6 Å². The van der Waals surface area contributed by atoms with Crippen LogP contribution in [0.5, 0.6) is 5.75 Å². The third-order valence-corrected chi connectivity index (χ3v) is 4.85. The number of fused-ring (bicyclic) bond motifs is 1. The van der Waals surface area contributed by atoms with Crippen molar-refractivity contribution in [2.45, 2.75) is 26.3 Å². The predicted molar refractivity (Wildman–Crippen MR) is 76.8 cm³/mol. The van der Waals surface area contributed by atoms with Crippen LogP contribution in [0.4, 0.5) is 5.69 Å². The molecular formula is C15H23N3O. The van der Waals surface area contributed by atoms with Gasteiger partial charge in [0, 0.05) is 30.9 Å². The lowest BCUT2D eigenvalue weighted by atomic mass is 9.84. The van der Waals surface area contributed by atoms with Crippen molar-refractivity contribution < 1.29 is 4.74 Å². The Labute approximate surface area is 115 Å². The molecule has 0 bridgehead atoms. The summed E-state index contributed by atoms with van der Waals surface area (Å²) in [5, 5.41) is 3.52. The Kier molecular flexibility index (Phi) is 2.93. The van der Waals surface area contributed by atoms with Gasteiger partial charge in [0.1, 0.15) is 0 Å². The Morgan fingerprint density at radius 3 is 2.89 bits per heavy atom. The van der Waals surface area contributed by atoms with Gasteiger partial charge >= 0.3 is 0 Å². The highest BCUT2D eigenvalue weighted by Gasteiger charge is 2.50. The third-order valence-electron chi connectivity index (χ3n) is 4.85. The van der Waals surface area contributed by atoms with E-state index >= 15 is 0 Å². The molecule has 0 spiro atoms. The zero-order valence-corrected chi connectivity index (χ0v) is 12.2. The molecule has 4 nitrogen and oxygen atoms in total. The number of nitrogens with zero attached hydrogens (tertiary/aromatic N) is 2. The highest BCUT2D eigenvalue weighted by molar-refractivity contribution is 5.61. The highest BCUT2D eigenvalue weighted by Crippen LogP contribution is 2.45. The van der Waals surface area contributed by atoms with Crippen LogP contribution in [-0.2, 0) is 0 Å². The average Bonchev–Trinajstić information content (AvgIpc) is 2.92. The number of anilines is 1. The predicted octanol–water partition coefficient (Wildman–Crippen LogP) is 1.83. The number of nitrogens with one attached hydrogen (secondary N) is 1. The maximum atomic E-state index is 5.51. The van der Waals surface area contributed by atoms with Crippen LogP contribution in [0.3, 0.4) is 0 Å². The maximum absolute atomic E-state index is 5.51. The molecule has 3 rings (SSSR count). The van der Waals surface area contributed by atoms with E-state index in [2.05, 4.69) is 35.1 Å². The number of hydrogen-bond donors (Lipinski definition) is 1. The molecule has 2 unspecified atom stereocenters. The standard InChI is InChI=1S/C15H23N3O/c1-10-5-13(14(19-4)8-17-10)18-9-11-6-16-7-12(11)15(18,2)3/h5,8,11-12,16H,6-7,9H2,1-4H3. The second kappa shape index (κ2) is 4.37. The van der Waals surface area contributed by atoms with Gasteiger partial charge in [-0.05, 0) is 38.7 Å². The third kappa shape index (κ3) is 1.89. The van der Waals surface area contributed by atoms with Gasteiger partial charge in [-0.15, -0.1) is 0 Å². The molecule has 2 atom stereocenters. The summed E-state index contributed by atoms with van der Waals surface area (Å²) in [4.78, 5) is 6.85. The Morgan fingerprint density at radius 1 is 1.42 bits per heavy atom. The van der Waals surface area contributed by atoms with Crippen LogP contribution in [0.2, 0.25) is 0 Å². The van der Waals surface area contributed by atoms with Crippen molar-refractivity contribution in [3.63, 3.8) is 0 Å². The molecule has 0 amide bonds. The van der Waals surface area contributed by atoms with E-state index in [1.54, 1.807) is 7.11 Å². The fourth-order valence-corrected chi connectivity index (χ4v) is 3.73. The van der Waals surface area contributed by atoms with Crippen molar-refractivity contribution in [3.8, 4) is 5.75 Å². The number of ether oxygens (including phenoxy) is 1. The average molecular weight is 261 g/mol. The van der Waals surface area contributed by atoms with E-state index in [0.29, 0.717) is 5.92 Å². The number of methoxy groups -OCH3 is 1. The zero-order valence-electron chi connectivity index (χ0n) is 12.2. The first-order chi connectivity index (χ1) is 9.04. The van der Waals surface area contributed by atoms with Crippen molar-refractivity contribution >= 4 is 5.69 Å². The fourth-order valence-electron chi connectivity index (χ4n) is 3.73. The molecule has 104 valence electrons.